The molecule has 1 amide bonds. The van der Waals surface area contributed by atoms with Crippen molar-refractivity contribution in [2.45, 2.75) is 32.7 Å². The number of carbonyl (C=O) groups excluding carboxylic acids is 1. The number of nitrogens with zero attached hydrogens (tertiary/aromatic N) is 2. The fourth-order valence-corrected chi connectivity index (χ4v) is 2.44. The topological polar surface area (TPSA) is 49.6 Å². The van der Waals surface area contributed by atoms with Gasteiger partial charge < -0.3 is 15.5 Å². The van der Waals surface area contributed by atoms with Crippen molar-refractivity contribution >= 4 is 5.91 Å². The lowest BCUT2D eigenvalue weighted by Crippen LogP contribution is -2.47. The second kappa shape index (κ2) is 6.36. The van der Waals surface area contributed by atoms with E-state index in [9.17, 15) is 4.79 Å². The van der Waals surface area contributed by atoms with E-state index in [1.807, 2.05) is 25.8 Å². The van der Waals surface area contributed by atoms with Crippen LogP contribution in [0, 0.1) is 11.8 Å². The van der Waals surface area contributed by atoms with E-state index < -0.39 is 0 Å². The number of nitrogens with two attached hydrogens (primary N) is 1. The van der Waals surface area contributed by atoms with Crippen molar-refractivity contribution in [3.05, 3.63) is 0 Å². The summed E-state index contributed by atoms with van der Waals surface area (Å²) in [6, 6.07) is -0.360. The third-order valence-corrected chi connectivity index (χ3v) is 3.63. The van der Waals surface area contributed by atoms with E-state index in [2.05, 4.69) is 11.9 Å². The first kappa shape index (κ1) is 14.5. The molecule has 0 bridgehead atoms. The largest absolute Gasteiger partial charge is 0.344 e. The van der Waals surface area contributed by atoms with Crippen LogP contribution in [0.15, 0.2) is 0 Å². The quantitative estimate of drug-likeness (QED) is 0.791. The van der Waals surface area contributed by atoms with Gasteiger partial charge in [0.15, 0.2) is 0 Å². The second-order valence-corrected chi connectivity index (χ2v) is 5.76. The van der Waals surface area contributed by atoms with Crippen LogP contribution in [0.2, 0.25) is 0 Å². The molecule has 0 aromatic heterocycles. The number of hydrogen-bond acceptors (Lipinski definition) is 3. The number of likely N-dealkylation sites (tertiary alicyclic amines) is 1. The number of hydrogen-bond donors (Lipinski definition) is 1. The average molecular weight is 241 g/mol. The molecule has 100 valence electrons. The van der Waals surface area contributed by atoms with Crippen molar-refractivity contribution in [1.29, 1.82) is 0 Å². The Labute approximate surface area is 105 Å². The molecule has 1 aliphatic rings. The van der Waals surface area contributed by atoms with E-state index in [4.69, 9.17) is 5.73 Å². The van der Waals surface area contributed by atoms with Gasteiger partial charge in [0.2, 0.25) is 5.91 Å². The van der Waals surface area contributed by atoms with Crippen LogP contribution < -0.4 is 5.73 Å². The first-order valence-corrected chi connectivity index (χ1v) is 6.61. The van der Waals surface area contributed by atoms with Gasteiger partial charge in [-0.3, -0.25) is 4.79 Å². The summed E-state index contributed by atoms with van der Waals surface area (Å²) in [4.78, 5) is 16.2. The molecular weight excluding hydrogens is 214 g/mol. The smallest absolute Gasteiger partial charge is 0.239 e. The minimum atomic E-state index is -0.360. The van der Waals surface area contributed by atoms with Gasteiger partial charge in [-0.05, 0) is 38.3 Å². The van der Waals surface area contributed by atoms with Crippen LogP contribution in [0.3, 0.4) is 0 Å². The summed E-state index contributed by atoms with van der Waals surface area (Å²) in [6.07, 6.45) is 2.46. The fraction of sp³-hybridized carbons (Fsp3) is 0.923. The molecule has 1 fully saturated rings. The Kier molecular flexibility index (Phi) is 5.40. The van der Waals surface area contributed by atoms with Crippen molar-refractivity contribution in [3.63, 3.8) is 0 Å². The fourth-order valence-electron chi connectivity index (χ4n) is 2.44. The number of amides is 1. The highest BCUT2D eigenvalue weighted by Gasteiger charge is 2.24. The maximum Gasteiger partial charge on any atom is 0.239 e. The van der Waals surface area contributed by atoms with Gasteiger partial charge in [-0.15, -0.1) is 0 Å². The van der Waals surface area contributed by atoms with Crippen molar-refractivity contribution in [2.24, 2.45) is 17.6 Å². The summed E-state index contributed by atoms with van der Waals surface area (Å²) >= 11 is 0. The van der Waals surface area contributed by atoms with Gasteiger partial charge in [-0.25, -0.2) is 0 Å². The second-order valence-electron chi connectivity index (χ2n) is 5.76. The first-order valence-electron chi connectivity index (χ1n) is 6.61. The Balaban J connectivity index is 2.42. The highest BCUT2D eigenvalue weighted by atomic mass is 16.2. The monoisotopic (exact) mass is 241 g/mol. The number of rotatable bonds is 4. The van der Waals surface area contributed by atoms with E-state index in [0.717, 1.165) is 13.1 Å². The number of likely N-dealkylation sites (N-methyl/N-ethyl adjacent to an activating group) is 1. The zero-order chi connectivity index (χ0) is 13.0. The molecule has 0 saturated carbocycles. The van der Waals surface area contributed by atoms with Gasteiger partial charge in [0, 0.05) is 20.1 Å². The number of piperidine rings is 1. The van der Waals surface area contributed by atoms with Gasteiger partial charge in [0.1, 0.15) is 0 Å². The van der Waals surface area contributed by atoms with Crippen molar-refractivity contribution in [2.75, 3.05) is 33.7 Å². The Morgan fingerprint density at radius 1 is 1.53 bits per heavy atom. The molecule has 17 heavy (non-hydrogen) atoms. The van der Waals surface area contributed by atoms with E-state index in [0.29, 0.717) is 5.92 Å². The van der Waals surface area contributed by atoms with Crippen molar-refractivity contribution in [1.82, 2.24) is 9.80 Å². The Hall–Kier alpha value is -0.610. The Bertz CT molecular complexity index is 255. The van der Waals surface area contributed by atoms with Crippen LogP contribution in [0.25, 0.3) is 0 Å². The molecule has 4 nitrogen and oxygen atoms in total. The molecule has 0 aromatic carbocycles. The predicted molar refractivity (Wildman–Crippen MR) is 70.7 cm³/mol. The summed E-state index contributed by atoms with van der Waals surface area (Å²) in [5.74, 6) is 0.884. The molecule has 2 N–H and O–H groups in total. The van der Waals surface area contributed by atoms with Crippen molar-refractivity contribution < 1.29 is 4.79 Å². The van der Waals surface area contributed by atoms with Gasteiger partial charge in [-0.1, -0.05) is 13.8 Å². The molecule has 1 aliphatic heterocycles. The van der Waals surface area contributed by atoms with E-state index >= 15 is 0 Å². The molecule has 4 heteroatoms. The van der Waals surface area contributed by atoms with Crippen LogP contribution in [0.1, 0.15) is 26.7 Å². The summed E-state index contributed by atoms with van der Waals surface area (Å²) in [5, 5.41) is 0. The van der Waals surface area contributed by atoms with Gasteiger partial charge >= 0.3 is 0 Å². The van der Waals surface area contributed by atoms with Crippen LogP contribution >= 0.6 is 0 Å². The normalized spacial score (nSPS) is 23.8. The zero-order valence-corrected chi connectivity index (χ0v) is 11.6. The van der Waals surface area contributed by atoms with Crippen LogP contribution in [0.4, 0.5) is 0 Å². The third-order valence-electron chi connectivity index (χ3n) is 3.63. The summed E-state index contributed by atoms with van der Waals surface area (Å²) < 4.78 is 0. The molecule has 0 radical (unpaired) electrons. The average Bonchev–Trinajstić information content (AvgIpc) is 2.26. The summed E-state index contributed by atoms with van der Waals surface area (Å²) in [5.41, 5.74) is 5.89. The van der Waals surface area contributed by atoms with Crippen LogP contribution in [0.5, 0.6) is 0 Å². The minimum Gasteiger partial charge on any atom is -0.344 e. The highest BCUT2D eigenvalue weighted by molar-refractivity contribution is 5.81. The van der Waals surface area contributed by atoms with E-state index in [1.165, 1.54) is 19.4 Å². The lowest BCUT2D eigenvalue weighted by atomic mass is 9.97. The third kappa shape index (κ3) is 4.28. The predicted octanol–water partition coefficient (Wildman–Crippen LogP) is 0.770. The lowest BCUT2D eigenvalue weighted by Gasteiger charge is -2.33. The Morgan fingerprint density at radius 3 is 2.71 bits per heavy atom. The van der Waals surface area contributed by atoms with E-state index in [-0.39, 0.29) is 17.9 Å². The lowest BCUT2D eigenvalue weighted by molar-refractivity contribution is -0.133. The van der Waals surface area contributed by atoms with Crippen molar-refractivity contribution in [3.8, 4) is 0 Å². The highest BCUT2D eigenvalue weighted by Crippen LogP contribution is 2.16. The first-order chi connectivity index (χ1) is 7.91. The summed E-state index contributed by atoms with van der Waals surface area (Å²) in [6.45, 7) is 7.09. The van der Waals surface area contributed by atoms with Gasteiger partial charge in [0.25, 0.3) is 0 Å². The minimum absolute atomic E-state index is 0.0771. The molecular formula is C13H27N3O. The molecule has 2 atom stereocenters. The Morgan fingerprint density at radius 2 is 2.18 bits per heavy atom. The number of carbonyl (C=O) groups is 1. The van der Waals surface area contributed by atoms with E-state index in [1.54, 1.807) is 0 Å². The standard InChI is InChI=1S/C13H27N3O/c1-10(2)12(14)13(17)16(4)9-11-6-5-7-15(3)8-11/h10-12H,5-9,14H2,1-4H3/t11?,12-/m0/s1. The molecule has 0 aliphatic carbocycles. The molecule has 1 unspecified atom stereocenters. The van der Waals surface area contributed by atoms with Crippen LogP contribution in [-0.2, 0) is 4.79 Å². The molecule has 0 spiro atoms. The molecule has 1 heterocycles. The molecule has 1 saturated heterocycles. The maximum atomic E-state index is 12.0. The maximum absolute atomic E-state index is 12.0. The zero-order valence-electron chi connectivity index (χ0n) is 11.6. The molecule has 1 rings (SSSR count). The SMILES string of the molecule is CC(C)[C@H](N)C(=O)N(C)CC1CCCN(C)C1. The summed E-state index contributed by atoms with van der Waals surface area (Å²) in [7, 11) is 4.02. The molecule has 0 aromatic rings. The van der Waals surface area contributed by atoms with Gasteiger partial charge in [-0.2, -0.15) is 0 Å². The van der Waals surface area contributed by atoms with Crippen LogP contribution in [-0.4, -0.2) is 55.5 Å². The van der Waals surface area contributed by atoms with Gasteiger partial charge in [0.05, 0.1) is 6.04 Å².